The lowest BCUT2D eigenvalue weighted by Crippen LogP contribution is -2.15. The van der Waals surface area contributed by atoms with E-state index in [-0.39, 0.29) is 5.41 Å². The van der Waals surface area contributed by atoms with Crippen molar-refractivity contribution in [3.63, 3.8) is 0 Å². The molecule has 0 N–H and O–H groups in total. The molecule has 0 bridgehead atoms. The molecule has 0 unspecified atom stereocenters. The van der Waals surface area contributed by atoms with E-state index in [1.54, 1.807) is 0 Å². The van der Waals surface area contributed by atoms with Gasteiger partial charge in [0.1, 0.15) is 0 Å². The summed E-state index contributed by atoms with van der Waals surface area (Å²) in [5.41, 5.74) is 3.68. The summed E-state index contributed by atoms with van der Waals surface area (Å²) in [5.74, 6) is 0. The van der Waals surface area contributed by atoms with Gasteiger partial charge in [0.25, 0.3) is 0 Å². The van der Waals surface area contributed by atoms with E-state index in [0.717, 1.165) is 5.69 Å². The third-order valence-electron chi connectivity index (χ3n) is 3.57. The van der Waals surface area contributed by atoms with Gasteiger partial charge in [-0.15, -0.1) is 0 Å². The summed E-state index contributed by atoms with van der Waals surface area (Å²) in [6.07, 6.45) is 1.99. The number of hydrogen-bond donors (Lipinski definition) is 0. The van der Waals surface area contributed by atoms with Gasteiger partial charge in [-0.2, -0.15) is 0 Å². The van der Waals surface area contributed by atoms with Crippen LogP contribution >= 0.6 is 0 Å². The van der Waals surface area contributed by atoms with Crippen molar-refractivity contribution in [2.45, 2.75) is 26.2 Å². The van der Waals surface area contributed by atoms with E-state index in [1.807, 2.05) is 6.20 Å². The molecule has 2 aromatic carbocycles. The van der Waals surface area contributed by atoms with Gasteiger partial charge in [0.15, 0.2) is 0 Å². The van der Waals surface area contributed by atoms with Crippen LogP contribution < -0.4 is 0 Å². The van der Waals surface area contributed by atoms with Crippen LogP contribution in [0.5, 0.6) is 0 Å². The molecule has 0 saturated carbocycles. The Morgan fingerprint density at radius 2 is 1.45 bits per heavy atom. The van der Waals surface area contributed by atoms with Gasteiger partial charge in [0.2, 0.25) is 0 Å². The molecular weight excluding hydrogens is 242 g/mol. The Hall–Kier alpha value is -2.15. The first-order chi connectivity index (χ1) is 9.57. The second-order valence-corrected chi connectivity index (χ2v) is 6.19. The van der Waals surface area contributed by atoms with Crippen molar-refractivity contribution < 1.29 is 0 Å². The second-order valence-electron chi connectivity index (χ2n) is 6.19. The van der Waals surface area contributed by atoms with Gasteiger partial charge in [-0.3, -0.25) is 4.98 Å². The van der Waals surface area contributed by atoms with Gasteiger partial charge in [-0.05, 0) is 10.9 Å². The Morgan fingerprint density at radius 3 is 2.15 bits per heavy atom. The Kier molecular flexibility index (Phi) is 3.06. The molecule has 0 aliphatic rings. The lowest BCUT2D eigenvalue weighted by Gasteiger charge is -2.23. The van der Waals surface area contributed by atoms with Crippen molar-refractivity contribution >= 4 is 10.8 Å². The molecule has 0 aliphatic carbocycles. The van der Waals surface area contributed by atoms with E-state index in [1.165, 1.54) is 21.9 Å². The SMILES string of the molecule is CC(C)(C)c1ncc2ccccc2c1-c1ccccc1. The summed E-state index contributed by atoms with van der Waals surface area (Å²) in [6, 6.07) is 19.0. The molecule has 20 heavy (non-hydrogen) atoms. The fourth-order valence-electron chi connectivity index (χ4n) is 2.63. The average Bonchev–Trinajstić information content (AvgIpc) is 2.46. The summed E-state index contributed by atoms with van der Waals surface area (Å²) in [7, 11) is 0. The van der Waals surface area contributed by atoms with E-state index in [4.69, 9.17) is 4.98 Å². The number of nitrogens with zero attached hydrogens (tertiary/aromatic N) is 1. The van der Waals surface area contributed by atoms with Crippen molar-refractivity contribution in [3.8, 4) is 11.1 Å². The number of hydrogen-bond acceptors (Lipinski definition) is 1. The second kappa shape index (κ2) is 4.75. The molecule has 0 fully saturated rings. The van der Waals surface area contributed by atoms with Crippen molar-refractivity contribution in [2.24, 2.45) is 0 Å². The largest absolute Gasteiger partial charge is 0.259 e. The third-order valence-corrected chi connectivity index (χ3v) is 3.57. The summed E-state index contributed by atoms with van der Waals surface area (Å²) < 4.78 is 0. The van der Waals surface area contributed by atoms with Crippen molar-refractivity contribution in [1.29, 1.82) is 0 Å². The lowest BCUT2D eigenvalue weighted by molar-refractivity contribution is 0.572. The van der Waals surface area contributed by atoms with Gasteiger partial charge in [-0.25, -0.2) is 0 Å². The van der Waals surface area contributed by atoms with Gasteiger partial charge in [-0.1, -0.05) is 75.4 Å². The third kappa shape index (κ3) is 2.20. The van der Waals surface area contributed by atoms with Crippen LogP contribution in [0.2, 0.25) is 0 Å². The highest BCUT2D eigenvalue weighted by molar-refractivity contribution is 5.97. The first-order valence-electron chi connectivity index (χ1n) is 7.01. The molecular formula is C19H19N. The van der Waals surface area contributed by atoms with Gasteiger partial charge >= 0.3 is 0 Å². The van der Waals surface area contributed by atoms with Crippen LogP contribution in [0.4, 0.5) is 0 Å². The molecule has 0 radical (unpaired) electrons. The number of pyridine rings is 1. The van der Waals surface area contributed by atoms with Gasteiger partial charge in [0.05, 0.1) is 5.69 Å². The zero-order valence-corrected chi connectivity index (χ0v) is 12.2. The van der Waals surface area contributed by atoms with Gasteiger partial charge in [0, 0.05) is 22.6 Å². The minimum absolute atomic E-state index is 0.0230. The molecule has 0 atom stereocenters. The van der Waals surface area contributed by atoms with E-state index >= 15 is 0 Å². The molecule has 100 valence electrons. The van der Waals surface area contributed by atoms with Crippen LogP contribution in [0.1, 0.15) is 26.5 Å². The maximum Gasteiger partial charge on any atom is 0.0541 e. The van der Waals surface area contributed by atoms with Crippen LogP contribution in [0, 0.1) is 0 Å². The monoisotopic (exact) mass is 261 g/mol. The number of benzene rings is 2. The van der Waals surface area contributed by atoms with E-state index in [9.17, 15) is 0 Å². The fourth-order valence-corrected chi connectivity index (χ4v) is 2.63. The first kappa shape index (κ1) is 12.9. The fraction of sp³-hybridized carbons (Fsp3) is 0.211. The molecule has 0 saturated heterocycles. The zero-order valence-electron chi connectivity index (χ0n) is 12.2. The highest BCUT2D eigenvalue weighted by Gasteiger charge is 2.22. The predicted molar refractivity (Wildman–Crippen MR) is 85.9 cm³/mol. The standard InChI is InChI=1S/C19H19N/c1-19(2,3)18-17(14-9-5-4-6-10-14)16-12-8-7-11-15(16)13-20-18/h4-13H,1-3H3. The number of rotatable bonds is 1. The molecule has 1 heterocycles. The molecule has 1 nitrogen and oxygen atoms in total. The quantitative estimate of drug-likeness (QED) is 0.586. The minimum Gasteiger partial charge on any atom is -0.259 e. The van der Waals surface area contributed by atoms with E-state index < -0.39 is 0 Å². The van der Waals surface area contributed by atoms with Crippen molar-refractivity contribution in [1.82, 2.24) is 4.98 Å². The zero-order chi connectivity index (χ0) is 14.2. The molecule has 0 aliphatic heterocycles. The predicted octanol–water partition coefficient (Wildman–Crippen LogP) is 5.20. The van der Waals surface area contributed by atoms with Crippen molar-refractivity contribution in [3.05, 3.63) is 66.5 Å². The lowest BCUT2D eigenvalue weighted by atomic mass is 9.84. The number of aromatic nitrogens is 1. The maximum absolute atomic E-state index is 4.75. The Labute approximate surface area is 120 Å². The smallest absolute Gasteiger partial charge is 0.0541 e. The molecule has 0 amide bonds. The summed E-state index contributed by atoms with van der Waals surface area (Å²) in [4.78, 5) is 4.75. The van der Waals surface area contributed by atoms with Crippen LogP contribution in [0.25, 0.3) is 21.9 Å². The van der Waals surface area contributed by atoms with Crippen molar-refractivity contribution in [2.75, 3.05) is 0 Å². The Morgan fingerprint density at radius 1 is 0.800 bits per heavy atom. The van der Waals surface area contributed by atoms with Crippen LogP contribution in [-0.4, -0.2) is 4.98 Å². The highest BCUT2D eigenvalue weighted by atomic mass is 14.7. The molecule has 1 heteroatoms. The van der Waals surface area contributed by atoms with Crippen LogP contribution in [-0.2, 0) is 5.41 Å². The minimum atomic E-state index is 0.0230. The van der Waals surface area contributed by atoms with E-state index in [2.05, 4.69) is 75.4 Å². The Balaban J connectivity index is 2.41. The normalized spacial score (nSPS) is 11.8. The van der Waals surface area contributed by atoms with Crippen LogP contribution in [0.15, 0.2) is 60.8 Å². The van der Waals surface area contributed by atoms with Crippen LogP contribution in [0.3, 0.4) is 0 Å². The molecule has 3 rings (SSSR count). The van der Waals surface area contributed by atoms with Gasteiger partial charge < -0.3 is 0 Å². The molecule has 1 aromatic heterocycles. The summed E-state index contributed by atoms with van der Waals surface area (Å²) in [5, 5.41) is 2.47. The highest BCUT2D eigenvalue weighted by Crippen LogP contribution is 2.36. The topological polar surface area (TPSA) is 12.9 Å². The average molecular weight is 261 g/mol. The summed E-state index contributed by atoms with van der Waals surface area (Å²) >= 11 is 0. The Bertz CT molecular complexity index is 737. The summed E-state index contributed by atoms with van der Waals surface area (Å²) in [6.45, 7) is 6.66. The maximum atomic E-state index is 4.75. The van der Waals surface area contributed by atoms with E-state index in [0.29, 0.717) is 0 Å². The first-order valence-corrected chi connectivity index (χ1v) is 7.01. The molecule has 3 aromatic rings. The number of fused-ring (bicyclic) bond motifs is 1. The molecule has 0 spiro atoms.